The summed E-state index contributed by atoms with van der Waals surface area (Å²) in [6.45, 7) is 2.20. The number of unbranched alkanes of at least 4 members (excludes halogenated alkanes) is 3. The SMILES string of the molecule is CCCCCCC(C[Se]C#N)[Se]C#N. The molecule has 14 heavy (non-hydrogen) atoms. The van der Waals surface area contributed by atoms with Gasteiger partial charge >= 0.3 is 99.5 Å². The van der Waals surface area contributed by atoms with Crippen LogP contribution in [0.1, 0.15) is 39.0 Å². The zero-order valence-electron chi connectivity index (χ0n) is 8.53. The molecule has 0 bridgehead atoms. The molecular weight excluding hydrogens is 306 g/mol. The summed E-state index contributed by atoms with van der Waals surface area (Å²) >= 11 is 0.207. The van der Waals surface area contributed by atoms with Crippen molar-refractivity contribution < 1.29 is 0 Å². The normalized spacial score (nSPS) is 11.6. The zero-order valence-corrected chi connectivity index (χ0v) is 12.0. The monoisotopic (exact) mass is 324 g/mol. The summed E-state index contributed by atoms with van der Waals surface area (Å²) in [6, 6.07) is 0. The second-order valence-electron chi connectivity index (χ2n) is 3.08. The van der Waals surface area contributed by atoms with Gasteiger partial charge in [0.15, 0.2) is 0 Å². The first-order chi connectivity index (χ1) is 6.85. The van der Waals surface area contributed by atoms with E-state index in [1.54, 1.807) is 0 Å². The van der Waals surface area contributed by atoms with Crippen molar-refractivity contribution in [3.05, 3.63) is 0 Å². The Balaban J connectivity index is 3.53. The van der Waals surface area contributed by atoms with Crippen molar-refractivity contribution in [2.45, 2.75) is 49.2 Å². The fourth-order valence-corrected chi connectivity index (χ4v) is 4.61. The Morgan fingerprint density at radius 1 is 1.14 bits per heavy atom. The second kappa shape index (κ2) is 11.1. The molecular formula is C10H16N2Se2. The van der Waals surface area contributed by atoms with E-state index in [0.717, 1.165) is 11.7 Å². The van der Waals surface area contributed by atoms with E-state index in [1.807, 2.05) is 0 Å². The van der Waals surface area contributed by atoms with Crippen molar-refractivity contribution in [3.8, 4) is 9.94 Å². The van der Waals surface area contributed by atoms with E-state index in [4.69, 9.17) is 10.5 Å². The summed E-state index contributed by atoms with van der Waals surface area (Å²) in [5.41, 5.74) is 0. The molecule has 4 heteroatoms. The summed E-state index contributed by atoms with van der Waals surface area (Å²) in [5, 5.41) is 18.1. The first-order valence-corrected chi connectivity index (χ1v) is 8.82. The average molecular weight is 322 g/mol. The van der Waals surface area contributed by atoms with Gasteiger partial charge in [0.25, 0.3) is 0 Å². The number of rotatable bonds is 8. The Labute approximate surface area is 99.4 Å². The first kappa shape index (κ1) is 14.0. The molecule has 1 unspecified atom stereocenters. The predicted octanol–water partition coefficient (Wildman–Crippen LogP) is 2.53. The Kier molecular flexibility index (Phi) is 11.1. The molecule has 0 aliphatic rings. The second-order valence-corrected chi connectivity index (χ2v) is 7.05. The van der Waals surface area contributed by atoms with Crippen LogP contribution in [0.2, 0.25) is 10.1 Å². The molecule has 0 saturated carbocycles. The molecule has 0 aromatic rings. The molecule has 0 amide bonds. The van der Waals surface area contributed by atoms with Gasteiger partial charge in [-0.2, -0.15) is 0 Å². The number of nitriles is 2. The standard InChI is InChI=1S/C10H16N2Se2/c1-2-3-4-5-6-10(14-9-12)7-13-8-11/h10H,2-7H2,1H3. The Hall–Kier alpha value is 0.0190. The van der Waals surface area contributed by atoms with Crippen molar-refractivity contribution in [3.63, 3.8) is 0 Å². The van der Waals surface area contributed by atoms with Gasteiger partial charge in [-0.05, 0) is 0 Å². The van der Waals surface area contributed by atoms with Gasteiger partial charge in [-0.25, -0.2) is 0 Å². The molecule has 0 aliphatic heterocycles. The van der Waals surface area contributed by atoms with Gasteiger partial charge in [-0.3, -0.25) is 0 Å². The number of nitrogens with zero attached hydrogens (tertiary/aromatic N) is 2. The van der Waals surface area contributed by atoms with Gasteiger partial charge in [0, 0.05) is 0 Å². The predicted molar refractivity (Wildman–Crippen MR) is 60.1 cm³/mol. The third kappa shape index (κ3) is 8.61. The molecule has 0 N–H and O–H groups in total. The van der Waals surface area contributed by atoms with E-state index in [0.29, 0.717) is 4.82 Å². The van der Waals surface area contributed by atoms with Gasteiger partial charge in [0.05, 0.1) is 0 Å². The molecule has 0 heterocycles. The third-order valence-corrected chi connectivity index (χ3v) is 6.23. The van der Waals surface area contributed by atoms with E-state index in [1.165, 1.54) is 25.7 Å². The van der Waals surface area contributed by atoms with E-state index in [9.17, 15) is 0 Å². The summed E-state index contributed by atoms with van der Waals surface area (Å²) in [6.07, 6.45) is 6.25. The van der Waals surface area contributed by atoms with Gasteiger partial charge in [0.1, 0.15) is 0 Å². The zero-order chi connectivity index (χ0) is 10.6. The molecule has 0 aromatic heterocycles. The average Bonchev–Trinajstić information content (AvgIpc) is 2.20. The third-order valence-electron chi connectivity index (χ3n) is 1.93. The molecule has 2 nitrogen and oxygen atoms in total. The van der Waals surface area contributed by atoms with E-state index in [2.05, 4.69) is 16.9 Å². The van der Waals surface area contributed by atoms with Crippen LogP contribution in [0, 0.1) is 20.5 Å². The van der Waals surface area contributed by atoms with Crippen LogP contribution in [-0.4, -0.2) is 29.9 Å². The summed E-state index contributed by atoms with van der Waals surface area (Å²) in [7, 11) is 0. The van der Waals surface area contributed by atoms with Crippen LogP contribution in [-0.2, 0) is 0 Å². The summed E-state index contributed by atoms with van der Waals surface area (Å²) in [5.74, 6) is 0. The van der Waals surface area contributed by atoms with Gasteiger partial charge in [-0.15, -0.1) is 0 Å². The van der Waals surface area contributed by atoms with E-state index >= 15 is 0 Å². The quantitative estimate of drug-likeness (QED) is 0.509. The van der Waals surface area contributed by atoms with Gasteiger partial charge in [0.2, 0.25) is 0 Å². The van der Waals surface area contributed by atoms with Crippen LogP contribution < -0.4 is 0 Å². The Morgan fingerprint density at radius 2 is 1.93 bits per heavy atom. The molecule has 78 valence electrons. The van der Waals surface area contributed by atoms with Crippen molar-refractivity contribution in [2.24, 2.45) is 0 Å². The molecule has 0 aliphatic carbocycles. The molecule has 0 aromatic carbocycles. The maximum atomic E-state index is 8.64. The van der Waals surface area contributed by atoms with E-state index < -0.39 is 0 Å². The Bertz CT molecular complexity index is 205. The molecule has 0 rings (SSSR count). The van der Waals surface area contributed by atoms with Crippen molar-refractivity contribution in [1.82, 2.24) is 0 Å². The number of hydrogen-bond acceptors (Lipinski definition) is 2. The van der Waals surface area contributed by atoms with Crippen molar-refractivity contribution >= 4 is 29.9 Å². The first-order valence-electron chi connectivity index (χ1n) is 4.90. The van der Waals surface area contributed by atoms with Crippen molar-refractivity contribution in [2.75, 3.05) is 0 Å². The van der Waals surface area contributed by atoms with Gasteiger partial charge in [-0.1, -0.05) is 0 Å². The fourth-order valence-electron chi connectivity index (χ4n) is 1.18. The summed E-state index contributed by atoms with van der Waals surface area (Å²) < 4.78 is 0. The van der Waals surface area contributed by atoms with Crippen LogP contribution in [0.25, 0.3) is 0 Å². The van der Waals surface area contributed by atoms with Crippen LogP contribution in [0.5, 0.6) is 0 Å². The molecule has 0 spiro atoms. The summed E-state index contributed by atoms with van der Waals surface area (Å²) in [4.78, 5) is 5.05. The fraction of sp³-hybridized carbons (Fsp3) is 0.800. The topological polar surface area (TPSA) is 47.6 Å². The van der Waals surface area contributed by atoms with Crippen LogP contribution in [0.4, 0.5) is 0 Å². The van der Waals surface area contributed by atoms with Crippen LogP contribution >= 0.6 is 0 Å². The van der Waals surface area contributed by atoms with Crippen LogP contribution in [0.15, 0.2) is 0 Å². The molecule has 0 fully saturated rings. The number of hydrogen-bond donors (Lipinski definition) is 0. The van der Waals surface area contributed by atoms with Crippen molar-refractivity contribution in [1.29, 1.82) is 10.5 Å². The minimum absolute atomic E-state index is 0.102. The molecule has 0 saturated heterocycles. The van der Waals surface area contributed by atoms with Gasteiger partial charge < -0.3 is 0 Å². The molecule has 0 radical (unpaired) electrons. The van der Waals surface area contributed by atoms with Crippen LogP contribution in [0.3, 0.4) is 0 Å². The Morgan fingerprint density at radius 3 is 2.50 bits per heavy atom. The molecule has 1 atom stereocenters. The minimum atomic E-state index is 0.102. The maximum absolute atomic E-state index is 8.64. The van der Waals surface area contributed by atoms with E-state index in [-0.39, 0.29) is 29.9 Å².